The monoisotopic (exact) mass is 307 g/mol. The minimum absolute atomic E-state index is 0.186. The molecule has 0 aliphatic heterocycles. The van der Waals surface area contributed by atoms with Crippen molar-refractivity contribution >= 4 is 6.16 Å². The summed E-state index contributed by atoms with van der Waals surface area (Å²) in [5, 5.41) is 24.8. The molecule has 0 bridgehead atoms. The molecule has 0 fully saturated rings. The first-order chi connectivity index (χ1) is 10.0. The fourth-order valence-electron chi connectivity index (χ4n) is 1.37. The molecule has 0 aromatic heterocycles. The molecule has 9 heteroatoms. The number of aliphatic hydroxyl groups excluding tert-OH is 1. The van der Waals surface area contributed by atoms with Crippen LogP contribution in [0.5, 0.6) is 0 Å². The lowest BCUT2D eigenvalue weighted by atomic mass is 10.2. The molecule has 0 amide bonds. The minimum Gasteiger partial charge on any atom is -0.569 e. The number of hydrogen-bond acceptors (Lipinski definition) is 7. The van der Waals surface area contributed by atoms with Gasteiger partial charge in [-0.25, -0.2) is 4.79 Å². The van der Waals surface area contributed by atoms with E-state index >= 15 is 0 Å². The predicted octanol–water partition coefficient (Wildman–Crippen LogP) is 1.80. The summed E-state index contributed by atoms with van der Waals surface area (Å²) in [5.41, 5.74) is 0. The highest BCUT2D eigenvalue weighted by molar-refractivity contribution is 5.59. The van der Waals surface area contributed by atoms with Crippen molar-refractivity contribution in [1.29, 1.82) is 0 Å². The molecule has 0 radical (unpaired) electrons. The van der Waals surface area contributed by atoms with Gasteiger partial charge in [-0.2, -0.15) is 0 Å². The summed E-state index contributed by atoms with van der Waals surface area (Å²) >= 11 is 0. The summed E-state index contributed by atoms with van der Waals surface area (Å²) in [6.07, 6.45) is 1.51. The van der Waals surface area contributed by atoms with E-state index in [1.54, 1.807) is 14.0 Å². The van der Waals surface area contributed by atoms with Crippen molar-refractivity contribution in [2.24, 2.45) is 5.28 Å². The lowest BCUT2D eigenvalue weighted by Gasteiger charge is -2.14. The van der Waals surface area contributed by atoms with Gasteiger partial charge >= 0.3 is 6.16 Å². The second kappa shape index (κ2) is 12.0. The van der Waals surface area contributed by atoms with Gasteiger partial charge in [-0.15, -0.1) is 5.01 Å². The van der Waals surface area contributed by atoms with E-state index in [1.165, 1.54) is 11.9 Å². The van der Waals surface area contributed by atoms with Gasteiger partial charge in [0, 0.05) is 13.5 Å². The van der Waals surface area contributed by atoms with Crippen LogP contribution in [0, 0.1) is 5.21 Å². The molecule has 21 heavy (non-hydrogen) atoms. The Labute approximate surface area is 124 Å². The van der Waals surface area contributed by atoms with E-state index in [1.807, 2.05) is 0 Å². The summed E-state index contributed by atoms with van der Waals surface area (Å²) in [6.45, 7) is 3.95. The van der Waals surface area contributed by atoms with Crippen molar-refractivity contribution in [3.8, 4) is 0 Å². The number of ether oxygens (including phenoxy) is 2. The largest absolute Gasteiger partial charge is 0.569 e. The van der Waals surface area contributed by atoms with E-state index < -0.39 is 12.4 Å². The predicted molar refractivity (Wildman–Crippen MR) is 72.9 cm³/mol. The van der Waals surface area contributed by atoms with Crippen LogP contribution in [0.3, 0.4) is 0 Å². The molecular formula is C12H25N3O6. The number of unbranched alkanes of at least 4 members (excludes halogenated alkanes) is 3. The third-order valence-electron chi connectivity index (χ3n) is 2.47. The van der Waals surface area contributed by atoms with Gasteiger partial charge in [-0.1, -0.05) is 12.8 Å². The Morgan fingerprint density at radius 1 is 1.38 bits per heavy atom. The number of carbonyl (C=O) groups is 1. The molecule has 0 aliphatic carbocycles. The quantitative estimate of drug-likeness (QED) is 0.155. The fourth-order valence-corrected chi connectivity index (χ4v) is 1.37. The van der Waals surface area contributed by atoms with Gasteiger partial charge in [0.2, 0.25) is 5.28 Å². The average molecular weight is 307 g/mol. The van der Waals surface area contributed by atoms with E-state index in [0.29, 0.717) is 6.54 Å². The summed E-state index contributed by atoms with van der Waals surface area (Å²) in [4.78, 5) is 16.0. The molecule has 0 heterocycles. The lowest BCUT2D eigenvalue weighted by molar-refractivity contribution is -0.707. The van der Waals surface area contributed by atoms with Crippen LogP contribution in [0.2, 0.25) is 0 Å². The highest BCUT2D eigenvalue weighted by atomic mass is 16.8. The average Bonchev–Trinajstić information content (AvgIpc) is 2.44. The highest BCUT2D eigenvalue weighted by Gasteiger charge is 2.13. The molecule has 0 aromatic carbocycles. The Bertz CT molecular complexity index is 313. The normalized spacial score (nSPS) is 12.7. The van der Waals surface area contributed by atoms with Crippen LogP contribution in [0.4, 0.5) is 4.79 Å². The van der Waals surface area contributed by atoms with Crippen LogP contribution < -0.4 is 0 Å². The van der Waals surface area contributed by atoms with E-state index in [0.717, 1.165) is 25.7 Å². The maximum Gasteiger partial charge on any atom is 0.511 e. The van der Waals surface area contributed by atoms with Crippen molar-refractivity contribution < 1.29 is 29.2 Å². The maximum absolute atomic E-state index is 11.5. The van der Waals surface area contributed by atoms with Gasteiger partial charge in [0.15, 0.2) is 0 Å². The Morgan fingerprint density at radius 2 is 2.05 bits per heavy atom. The van der Waals surface area contributed by atoms with Gasteiger partial charge in [0.1, 0.15) is 0 Å². The standard InChI is InChI=1S/C12H25N3O6/c1-4-19-12(17)20-11(2)21-13-15(18)14(3)9-7-5-6-8-10-16/h11,16H,4-10H2,1-3H3. The van der Waals surface area contributed by atoms with Crippen LogP contribution >= 0.6 is 0 Å². The van der Waals surface area contributed by atoms with Crippen molar-refractivity contribution in [1.82, 2.24) is 5.01 Å². The van der Waals surface area contributed by atoms with Gasteiger partial charge < -0.3 is 19.8 Å². The molecule has 9 nitrogen and oxygen atoms in total. The van der Waals surface area contributed by atoms with Crippen LogP contribution in [-0.2, 0) is 14.3 Å². The molecular weight excluding hydrogens is 282 g/mol. The first-order valence-corrected chi connectivity index (χ1v) is 7.00. The molecule has 1 unspecified atom stereocenters. The Kier molecular flexibility index (Phi) is 11.0. The summed E-state index contributed by atoms with van der Waals surface area (Å²) in [7, 11) is 1.57. The second-order valence-corrected chi connectivity index (χ2v) is 4.33. The van der Waals surface area contributed by atoms with Crippen molar-refractivity contribution in [2.45, 2.75) is 45.8 Å². The molecule has 1 N–H and O–H groups in total. The third kappa shape index (κ3) is 10.7. The molecule has 0 saturated heterocycles. The SMILES string of the molecule is CCOC(=O)OC(C)ON=[N+]([O-])N(C)CCCCCCO. The van der Waals surface area contributed by atoms with Crippen LogP contribution in [0.1, 0.15) is 39.5 Å². The molecule has 0 saturated carbocycles. The molecule has 124 valence electrons. The van der Waals surface area contributed by atoms with Gasteiger partial charge in [0.25, 0.3) is 6.29 Å². The highest BCUT2D eigenvalue weighted by Crippen LogP contribution is 2.02. The van der Waals surface area contributed by atoms with Crippen LogP contribution in [0.25, 0.3) is 0 Å². The number of carbonyl (C=O) groups excluding carboxylic acids is 1. The zero-order valence-corrected chi connectivity index (χ0v) is 12.9. The smallest absolute Gasteiger partial charge is 0.511 e. The number of aliphatic hydroxyl groups is 1. The summed E-state index contributed by atoms with van der Waals surface area (Å²) < 4.78 is 9.21. The van der Waals surface area contributed by atoms with Crippen LogP contribution in [0.15, 0.2) is 5.28 Å². The zero-order chi connectivity index (χ0) is 16.1. The van der Waals surface area contributed by atoms with E-state index in [4.69, 9.17) is 9.94 Å². The molecule has 0 aromatic rings. The maximum atomic E-state index is 11.5. The molecule has 0 spiro atoms. The second-order valence-electron chi connectivity index (χ2n) is 4.33. The van der Waals surface area contributed by atoms with E-state index in [-0.39, 0.29) is 18.2 Å². The summed E-state index contributed by atoms with van der Waals surface area (Å²) in [6, 6.07) is 0. The first kappa shape index (κ1) is 19.2. The number of hydrazine groups is 1. The van der Waals surface area contributed by atoms with Crippen molar-refractivity contribution in [2.75, 3.05) is 26.8 Å². The third-order valence-corrected chi connectivity index (χ3v) is 2.47. The molecule has 1 atom stereocenters. The van der Waals surface area contributed by atoms with Crippen molar-refractivity contribution in [3.05, 3.63) is 5.21 Å². The van der Waals surface area contributed by atoms with Gasteiger partial charge in [0.05, 0.1) is 25.2 Å². The lowest BCUT2D eigenvalue weighted by Crippen LogP contribution is -2.28. The first-order valence-electron chi connectivity index (χ1n) is 7.00. The Hall–Kier alpha value is -1.77. The van der Waals surface area contributed by atoms with Crippen LogP contribution in [-0.4, -0.2) is 54.3 Å². The molecule has 0 rings (SSSR count). The fraction of sp³-hybridized carbons (Fsp3) is 0.917. The van der Waals surface area contributed by atoms with E-state index in [2.05, 4.69) is 14.8 Å². The number of rotatable bonds is 11. The summed E-state index contributed by atoms with van der Waals surface area (Å²) in [5.74, 6) is 0. The Morgan fingerprint density at radius 3 is 2.67 bits per heavy atom. The van der Waals surface area contributed by atoms with Gasteiger partial charge in [-0.3, -0.25) is 4.84 Å². The molecule has 0 aliphatic rings. The topological polar surface area (TPSA) is 107 Å². The number of nitrogens with zero attached hydrogens (tertiary/aromatic N) is 3. The zero-order valence-electron chi connectivity index (χ0n) is 12.9. The van der Waals surface area contributed by atoms with Gasteiger partial charge in [-0.05, 0) is 19.8 Å². The Balaban J connectivity index is 3.90. The van der Waals surface area contributed by atoms with E-state index in [9.17, 15) is 10.0 Å². The van der Waals surface area contributed by atoms with Crippen molar-refractivity contribution in [3.63, 3.8) is 0 Å². The minimum atomic E-state index is -1.02. The number of hydrogen-bond donors (Lipinski definition) is 1.